The van der Waals surface area contributed by atoms with Gasteiger partial charge in [0.25, 0.3) is 0 Å². The van der Waals surface area contributed by atoms with E-state index in [1.54, 1.807) is 0 Å². The third-order valence-corrected chi connectivity index (χ3v) is 5.69. The summed E-state index contributed by atoms with van der Waals surface area (Å²) in [5.41, 5.74) is 6.60. The van der Waals surface area contributed by atoms with Crippen LogP contribution < -0.4 is 0 Å². The zero-order valence-corrected chi connectivity index (χ0v) is 17.5. The number of benzene rings is 3. The van der Waals surface area contributed by atoms with E-state index in [4.69, 9.17) is 18.4 Å². The Hall–Kier alpha value is -2.31. The Bertz CT molecular complexity index is 894. The van der Waals surface area contributed by atoms with Crippen molar-refractivity contribution in [1.29, 1.82) is 0 Å². The highest BCUT2D eigenvalue weighted by Crippen LogP contribution is 2.43. The summed E-state index contributed by atoms with van der Waals surface area (Å²) >= 11 is 0. The normalized spacial score (nSPS) is 14.2. The van der Waals surface area contributed by atoms with Gasteiger partial charge in [-0.15, -0.1) is 0 Å². The summed E-state index contributed by atoms with van der Waals surface area (Å²) < 4.78 is 21.8. The van der Waals surface area contributed by atoms with Crippen molar-refractivity contribution in [1.82, 2.24) is 0 Å². The standard InChI is InChI=1S/C23H23B3O4/c1-17-10-4-7-13-20(17)23(21-14-8-5-11-18(21)2,22-15-9-6-12-19(22)3)16-27-26-29-24-28-25-30-26/h4-15H,16H2,1-3H3. The van der Waals surface area contributed by atoms with Gasteiger partial charge in [0, 0.05) is 0 Å². The molecule has 0 atom stereocenters. The summed E-state index contributed by atoms with van der Waals surface area (Å²) in [7, 11) is 1.56. The predicted octanol–water partition coefficient (Wildman–Crippen LogP) is 4.08. The molecule has 1 aliphatic heterocycles. The topological polar surface area (TPSA) is 36.9 Å². The van der Waals surface area contributed by atoms with Crippen LogP contribution in [0.2, 0.25) is 0 Å². The minimum atomic E-state index is -0.866. The second-order valence-electron chi connectivity index (χ2n) is 7.55. The molecular formula is C23H23B3O4. The average Bonchev–Trinajstić information content (AvgIpc) is 2.78. The molecule has 148 valence electrons. The van der Waals surface area contributed by atoms with E-state index in [1.807, 2.05) is 0 Å². The third-order valence-electron chi connectivity index (χ3n) is 5.69. The molecule has 4 rings (SSSR count). The van der Waals surface area contributed by atoms with Gasteiger partial charge in [0.2, 0.25) is 0 Å². The lowest BCUT2D eigenvalue weighted by Gasteiger charge is -2.39. The van der Waals surface area contributed by atoms with Crippen LogP contribution in [0, 0.1) is 20.8 Å². The monoisotopic (exact) mass is 396 g/mol. The molecule has 0 unspecified atom stereocenters. The SMILES string of the molecule is Cc1ccccc1C(COB1O[B]O[B]O1)(c1ccccc1C)c1ccccc1C. The summed E-state index contributed by atoms with van der Waals surface area (Å²) in [6.07, 6.45) is 0. The van der Waals surface area contributed by atoms with Gasteiger partial charge in [-0.25, -0.2) is 0 Å². The van der Waals surface area contributed by atoms with Crippen LogP contribution in [0.1, 0.15) is 33.4 Å². The summed E-state index contributed by atoms with van der Waals surface area (Å²) in [4.78, 5) is 0. The van der Waals surface area contributed by atoms with Crippen LogP contribution in [0.3, 0.4) is 0 Å². The molecule has 0 bridgehead atoms. The Labute approximate surface area is 180 Å². The van der Waals surface area contributed by atoms with E-state index in [1.165, 1.54) is 48.8 Å². The van der Waals surface area contributed by atoms with Gasteiger partial charge in [0.05, 0.1) is 12.0 Å². The summed E-state index contributed by atoms with van der Waals surface area (Å²) in [6.45, 7) is 6.76. The highest BCUT2D eigenvalue weighted by atomic mass is 16.8. The minimum absolute atomic E-state index is 0.333. The molecule has 1 fully saturated rings. The van der Waals surface area contributed by atoms with Crippen LogP contribution in [0.15, 0.2) is 72.8 Å². The van der Waals surface area contributed by atoms with Crippen LogP contribution in [-0.4, -0.2) is 29.3 Å². The molecule has 7 heteroatoms. The van der Waals surface area contributed by atoms with Crippen molar-refractivity contribution in [3.63, 3.8) is 0 Å². The fourth-order valence-electron chi connectivity index (χ4n) is 4.30. The zero-order valence-electron chi connectivity index (χ0n) is 17.5. The molecule has 1 saturated heterocycles. The molecule has 0 aromatic heterocycles. The first-order chi connectivity index (χ1) is 14.6. The molecular weight excluding hydrogens is 373 g/mol. The summed E-state index contributed by atoms with van der Waals surface area (Å²) in [5.74, 6) is 0. The highest BCUT2D eigenvalue weighted by molar-refractivity contribution is 6.57. The van der Waals surface area contributed by atoms with Crippen molar-refractivity contribution >= 4 is 22.7 Å². The first kappa shape index (κ1) is 20.9. The Morgan fingerprint density at radius 1 is 0.700 bits per heavy atom. The van der Waals surface area contributed by atoms with Crippen molar-refractivity contribution in [2.24, 2.45) is 0 Å². The minimum Gasteiger partial charge on any atom is -0.457 e. The molecule has 1 heterocycles. The van der Waals surface area contributed by atoms with E-state index in [0.717, 1.165) is 0 Å². The van der Waals surface area contributed by atoms with Gasteiger partial charge in [0.15, 0.2) is 0 Å². The Morgan fingerprint density at radius 2 is 1.10 bits per heavy atom. The average molecular weight is 396 g/mol. The molecule has 0 spiro atoms. The fourth-order valence-corrected chi connectivity index (χ4v) is 4.30. The van der Waals surface area contributed by atoms with E-state index in [-0.39, 0.29) is 0 Å². The third kappa shape index (κ3) is 3.99. The fraction of sp³-hybridized carbons (Fsp3) is 0.217. The molecule has 0 aliphatic carbocycles. The first-order valence-corrected chi connectivity index (χ1v) is 10.0. The summed E-state index contributed by atoms with van der Waals surface area (Å²) in [5, 5.41) is 0. The van der Waals surface area contributed by atoms with Gasteiger partial charge < -0.3 is 18.4 Å². The van der Waals surface area contributed by atoms with Crippen molar-refractivity contribution in [2.75, 3.05) is 6.61 Å². The van der Waals surface area contributed by atoms with Crippen molar-refractivity contribution < 1.29 is 18.4 Å². The van der Waals surface area contributed by atoms with E-state index < -0.39 is 12.7 Å². The predicted molar refractivity (Wildman–Crippen MR) is 120 cm³/mol. The molecule has 3 aromatic carbocycles. The zero-order chi connectivity index (χ0) is 21.0. The maximum atomic E-state index is 6.19. The lowest BCUT2D eigenvalue weighted by Crippen LogP contribution is -2.44. The molecule has 2 radical (unpaired) electrons. The van der Waals surface area contributed by atoms with Gasteiger partial charge in [-0.3, -0.25) is 0 Å². The Balaban J connectivity index is 1.94. The summed E-state index contributed by atoms with van der Waals surface area (Å²) in [6, 6.07) is 25.4. The molecule has 1 aliphatic rings. The van der Waals surface area contributed by atoms with Gasteiger partial charge >= 0.3 is 22.7 Å². The molecule has 3 aromatic rings. The number of aryl methyl sites for hydroxylation is 3. The van der Waals surface area contributed by atoms with Gasteiger partial charge in [0.1, 0.15) is 0 Å². The van der Waals surface area contributed by atoms with Gasteiger partial charge in [-0.05, 0) is 54.2 Å². The molecule has 0 saturated carbocycles. The van der Waals surface area contributed by atoms with Crippen LogP contribution in [0.25, 0.3) is 0 Å². The van der Waals surface area contributed by atoms with E-state index in [9.17, 15) is 0 Å². The van der Waals surface area contributed by atoms with E-state index in [2.05, 4.69) is 93.6 Å². The maximum absolute atomic E-state index is 6.19. The van der Waals surface area contributed by atoms with E-state index >= 15 is 0 Å². The van der Waals surface area contributed by atoms with Crippen LogP contribution in [-0.2, 0) is 23.8 Å². The molecule has 0 N–H and O–H groups in total. The van der Waals surface area contributed by atoms with Crippen LogP contribution >= 0.6 is 0 Å². The van der Waals surface area contributed by atoms with E-state index in [0.29, 0.717) is 6.61 Å². The van der Waals surface area contributed by atoms with Gasteiger partial charge in [-0.1, -0.05) is 72.8 Å². The molecule has 4 nitrogen and oxygen atoms in total. The molecule has 0 amide bonds. The second-order valence-corrected chi connectivity index (χ2v) is 7.55. The Morgan fingerprint density at radius 3 is 1.50 bits per heavy atom. The highest BCUT2D eigenvalue weighted by Gasteiger charge is 2.42. The maximum Gasteiger partial charge on any atom is 0.611 e. The molecule has 30 heavy (non-hydrogen) atoms. The number of hydrogen-bond acceptors (Lipinski definition) is 4. The number of rotatable bonds is 6. The Kier molecular flexibility index (Phi) is 6.45. The van der Waals surface area contributed by atoms with Crippen LogP contribution in [0.5, 0.6) is 0 Å². The van der Waals surface area contributed by atoms with Crippen molar-refractivity contribution in [3.8, 4) is 0 Å². The second kappa shape index (κ2) is 9.23. The van der Waals surface area contributed by atoms with Crippen molar-refractivity contribution in [2.45, 2.75) is 26.2 Å². The first-order valence-electron chi connectivity index (χ1n) is 10.0. The lowest BCUT2D eigenvalue weighted by molar-refractivity contribution is 0.153. The quantitative estimate of drug-likeness (QED) is 0.465. The van der Waals surface area contributed by atoms with Crippen molar-refractivity contribution in [3.05, 3.63) is 106 Å². The smallest absolute Gasteiger partial charge is 0.457 e. The van der Waals surface area contributed by atoms with Gasteiger partial charge in [-0.2, -0.15) is 0 Å². The lowest BCUT2D eigenvalue weighted by atomic mass is 9.66. The largest absolute Gasteiger partial charge is 0.611 e. The number of hydrogen-bond donors (Lipinski definition) is 0. The van der Waals surface area contributed by atoms with Crippen LogP contribution in [0.4, 0.5) is 0 Å².